The Morgan fingerprint density at radius 2 is 1.74 bits per heavy atom. The number of hydrogen-bond donors (Lipinski definition) is 1. The monoisotopic (exact) mass is 455 g/mol. The van der Waals surface area contributed by atoms with Crippen molar-refractivity contribution in [1.82, 2.24) is 14.9 Å². The van der Waals surface area contributed by atoms with E-state index < -0.39 is 0 Å². The van der Waals surface area contributed by atoms with Gasteiger partial charge in [-0.1, -0.05) is 55.8 Å². The second-order valence-corrected chi connectivity index (χ2v) is 8.97. The highest BCUT2D eigenvalue weighted by Crippen LogP contribution is 2.20. The molecular formula is C29H33N3O2. The number of amides is 1. The van der Waals surface area contributed by atoms with E-state index in [1.807, 2.05) is 61.5 Å². The molecule has 34 heavy (non-hydrogen) atoms. The normalized spacial score (nSPS) is 11.2. The number of benzene rings is 3. The van der Waals surface area contributed by atoms with Crippen molar-refractivity contribution >= 4 is 16.9 Å². The molecule has 176 valence electrons. The Morgan fingerprint density at radius 1 is 1.00 bits per heavy atom. The first kappa shape index (κ1) is 23.6. The second kappa shape index (κ2) is 11.0. The molecule has 5 heteroatoms. The van der Waals surface area contributed by atoms with Crippen molar-refractivity contribution in [3.63, 3.8) is 0 Å². The van der Waals surface area contributed by atoms with Crippen molar-refractivity contribution in [1.29, 1.82) is 0 Å². The minimum Gasteiger partial charge on any atom is -0.494 e. The van der Waals surface area contributed by atoms with E-state index >= 15 is 0 Å². The number of aryl methyl sites for hydroxylation is 2. The third-order valence-electron chi connectivity index (χ3n) is 6.02. The first-order valence-electron chi connectivity index (χ1n) is 12.0. The number of fused-ring (bicyclic) bond motifs is 1. The van der Waals surface area contributed by atoms with Gasteiger partial charge >= 0.3 is 0 Å². The Bertz CT molecular complexity index is 1220. The van der Waals surface area contributed by atoms with Crippen molar-refractivity contribution in [3.8, 4) is 5.75 Å². The predicted molar refractivity (Wildman–Crippen MR) is 138 cm³/mol. The molecule has 0 aliphatic heterocycles. The van der Waals surface area contributed by atoms with Gasteiger partial charge in [0.1, 0.15) is 11.6 Å². The van der Waals surface area contributed by atoms with Gasteiger partial charge in [-0.05, 0) is 61.2 Å². The fourth-order valence-electron chi connectivity index (χ4n) is 4.02. The number of nitrogens with zero attached hydrogens (tertiary/aromatic N) is 2. The smallest absolute Gasteiger partial charge is 0.251 e. The molecule has 3 aromatic carbocycles. The highest BCUT2D eigenvalue weighted by Gasteiger charge is 2.11. The number of imidazole rings is 1. The lowest BCUT2D eigenvalue weighted by Crippen LogP contribution is -2.26. The fraction of sp³-hybridized carbons (Fsp3) is 0.310. The van der Waals surface area contributed by atoms with Crippen LogP contribution in [-0.2, 0) is 13.0 Å². The summed E-state index contributed by atoms with van der Waals surface area (Å²) < 4.78 is 8.22. The van der Waals surface area contributed by atoms with E-state index in [-0.39, 0.29) is 5.91 Å². The summed E-state index contributed by atoms with van der Waals surface area (Å²) >= 11 is 0. The summed E-state index contributed by atoms with van der Waals surface area (Å²) in [6, 6.07) is 24.2. The van der Waals surface area contributed by atoms with Gasteiger partial charge in [-0.3, -0.25) is 4.79 Å². The number of ether oxygens (including phenoxy) is 1. The van der Waals surface area contributed by atoms with Crippen LogP contribution in [0.2, 0.25) is 0 Å². The third-order valence-corrected chi connectivity index (χ3v) is 6.02. The Kier molecular flexibility index (Phi) is 7.63. The summed E-state index contributed by atoms with van der Waals surface area (Å²) in [5.74, 6) is 2.34. The number of aromatic nitrogens is 2. The topological polar surface area (TPSA) is 56.2 Å². The van der Waals surface area contributed by atoms with Crippen LogP contribution in [0.5, 0.6) is 5.75 Å². The summed E-state index contributed by atoms with van der Waals surface area (Å²) in [5.41, 5.74) is 5.23. The van der Waals surface area contributed by atoms with Crippen molar-refractivity contribution in [2.75, 3.05) is 13.2 Å². The van der Waals surface area contributed by atoms with Crippen LogP contribution in [0.15, 0.2) is 72.8 Å². The summed E-state index contributed by atoms with van der Waals surface area (Å²) in [4.78, 5) is 17.3. The molecule has 0 saturated carbocycles. The zero-order valence-corrected chi connectivity index (χ0v) is 20.3. The molecule has 0 saturated heterocycles. The number of para-hydroxylation sites is 2. The van der Waals surface area contributed by atoms with E-state index in [1.54, 1.807) is 0 Å². The van der Waals surface area contributed by atoms with Crippen molar-refractivity contribution in [3.05, 3.63) is 95.3 Å². The predicted octanol–water partition coefficient (Wildman–Crippen LogP) is 5.91. The Labute approximate surface area is 201 Å². The van der Waals surface area contributed by atoms with Crippen LogP contribution in [0.1, 0.15) is 53.5 Å². The minimum atomic E-state index is -0.0560. The van der Waals surface area contributed by atoms with E-state index in [1.165, 1.54) is 5.56 Å². The van der Waals surface area contributed by atoms with Gasteiger partial charge in [0.25, 0.3) is 5.91 Å². The van der Waals surface area contributed by atoms with Gasteiger partial charge in [-0.15, -0.1) is 0 Å². The summed E-state index contributed by atoms with van der Waals surface area (Å²) in [6.07, 6.45) is 1.54. The molecule has 0 aliphatic rings. The maximum Gasteiger partial charge on any atom is 0.251 e. The van der Waals surface area contributed by atoms with Crippen molar-refractivity contribution < 1.29 is 9.53 Å². The molecule has 0 bridgehead atoms. The average Bonchev–Trinajstić information content (AvgIpc) is 3.19. The maximum absolute atomic E-state index is 12.5. The Hall–Kier alpha value is -3.60. The molecule has 1 N–H and O–H groups in total. The van der Waals surface area contributed by atoms with Crippen LogP contribution in [0.3, 0.4) is 0 Å². The van der Waals surface area contributed by atoms with Crippen LogP contribution in [-0.4, -0.2) is 28.6 Å². The maximum atomic E-state index is 12.5. The molecule has 0 spiro atoms. The van der Waals surface area contributed by atoms with Crippen molar-refractivity contribution in [2.24, 2.45) is 0 Å². The van der Waals surface area contributed by atoms with Gasteiger partial charge in [0.05, 0.1) is 17.6 Å². The van der Waals surface area contributed by atoms with Crippen molar-refractivity contribution in [2.45, 2.75) is 46.1 Å². The highest BCUT2D eigenvalue weighted by atomic mass is 16.5. The standard InChI is InChI=1S/C29H33N3O2/c1-21(2)23-13-15-25(16-14-23)34-20-6-19-32-27-8-5-4-7-26(27)31-28(32)17-18-30-29(33)24-11-9-22(3)10-12-24/h4-5,7-16,21H,6,17-20H2,1-3H3,(H,30,33). The number of hydrogen-bond acceptors (Lipinski definition) is 3. The van der Waals surface area contributed by atoms with E-state index in [9.17, 15) is 4.79 Å². The highest BCUT2D eigenvalue weighted by molar-refractivity contribution is 5.94. The van der Waals surface area contributed by atoms with E-state index in [0.29, 0.717) is 31.1 Å². The van der Waals surface area contributed by atoms with E-state index in [4.69, 9.17) is 9.72 Å². The average molecular weight is 456 g/mol. The summed E-state index contributed by atoms with van der Waals surface area (Å²) in [7, 11) is 0. The molecule has 1 aromatic heterocycles. The molecule has 5 nitrogen and oxygen atoms in total. The second-order valence-electron chi connectivity index (χ2n) is 8.97. The molecule has 4 aromatic rings. The van der Waals surface area contributed by atoms with Gasteiger partial charge in [-0.2, -0.15) is 0 Å². The first-order chi connectivity index (χ1) is 16.5. The summed E-state index contributed by atoms with van der Waals surface area (Å²) in [6.45, 7) is 8.38. The molecule has 0 radical (unpaired) electrons. The van der Waals surface area contributed by atoms with Crippen LogP contribution in [0.4, 0.5) is 0 Å². The van der Waals surface area contributed by atoms with E-state index in [0.717, 1.165) is 41.1 Å². The van der Waals surface area contributed by atoms with Gasteiger partial charge in [-0.25, -0.2) is 4.98 Å². The van der Waals surface area contributed by atoms with Crippen LogP contribution in [0.25, 0.3) is 11.0 Å². The molecule has 0 fully saturated rings. The third kappa shape index (κ3) is 5.84. The van der Waals surface area contributed by atoms with Gasteiger partial charge in [0.15, 0.2) is 0 Å². The molecule has 1 heterocycles. The quantitative estimate of drug-likeness (QED) is 0.303. The molecule has 0 aliphatic carbocycles. The van der Waals surface area contributed by atoms with Crippen LogP contribution in [0, 0.1) is 6.92 Å². The molecule has 0 unspecified atom stereocenters. The zero-order chi connectivity index (χ0) is 23.9. The number of carbonyl (C=O) groups excluding carboxylic acids is 1. The minimum absolute atomic E-state index is 0.0560. The number of carbonyl (C=O) groups is 1. The number of nitrogens with one attached hydrogen (secondary N) is 1. The molecule has 0 atom stereocenters. The Morgan fingerprint density at radius 3 is 2.47 bits per heavy atom. The largest absolute Gasteiger partial charge is 0.494 e. The lowest BCUT2D eigenvalue weighted by atomic mass is 10.0. The molecule has 1 amide bonds. The van der Waals surface area contributed by atoms with Gasteiger partial charge in [0, 0.05) is 25.1 Å². The Balaban J connectivity index is 1.35. The lowest BCUT2D eigenvalue weighted by molar-refractivity contribution is 0.0954. The van der Waals surface area contributed by atoms with Gasteiger partial charge < -0.3 is 14.6 Å². The summed E-state index contributed by atoms with van der Waals surface area (Å²) in [5, 5.41) is 3.02. The SMILES string of the molecule is Cc1ccc(C(=O)NCCc2nc3ccccc3n2CCCOc2ccc(C(C)C)cc2)cc1. The fourth-order valence-corrected chi connectivity index (χ4v) is 4.02. The van der Waals surface area contributed by atoms with Crippen LogP contribution < -0.4 is 10.1 Å². The van der Waals surface area contributed by atoms with Gasteiger partial charge in [0.2, 0.25) is 0 Å². The first-order valence-corrected chi connectivity index (χ1v) is 12.0. The van der Waals surface area contributed by atoms with Crippen LogP contribution >= 0.6 is 0 Å². The molecule has 4 rings (SSSR count). The number of rotatable bonds is 10. The lowest BCUT2D eigenvalue weighted by Gasteiger charge is -2.12. The molecular weight excluding hydrogens is 422 g/mol. The zero-order valence-electron chi connectivity index (χ0n) is 20.3. The van der Waals surface area contributed by atoms with E-state index in [2.05, 4.69) is 41.9 Å².